The van der Waals surface area contributed by atoms with Crippen molar-refractivity contribution in [3.05, 3.63) is 34.6 Å². The third kappa shape index (κ3) is 4.66. The largest absolute Gasteiger partial charge is 0.313 e. The molecule has 1 fully saturated rings. The second-order valence-electron chi connectivity index (χ2n) is 5.66. The monoisotopic (exact) mass is 333 g/mol. The summed E-state index contributed by atoms with van der Waals surface area (Å²) in [6.07, 6.45) is 2.06. The molecule has 3 nitrogen and oxygen atoms in total. The molecular formula is C15H21ClFNO2S. The lowest BCUT2D eigenvalue weighted by molar-refractivity contribution is 0.375. The molecule has 6 heteroatoms. The number of halogens is 2. The molecule has 0 aliphatic carbocycles. The molecule has 1 aliphatic rings. The van der Waals surface area contributed by atoms with Gasteiger partial charge in [0, 0.05) is 11.1 Å². The number of benzene rings is 1. The molecule has 0 spiro atoms. The number of sulfone groups is 1. The molecule has 0 amide bonds. The van der Waals surface area contributed by atoms with Gasteiger partial charge in [-0.25, -0.2) is 12.8 Å². The van der Waals surface area contributed by atoms with E-state index in [1.165, 1.54) is 12.1 Å². The van der Waals surface area contributed by atoms with Crippen molar-refractivity contribution >= 4 is 21.4 Å². The molecule has 2 unspecified atom stereocenters. The van der Waals surface area contributed by atoms with Gasteiger partial charge in [0.05, 0.1) is 11.5 Å². The van der Waals surface area contributed by atoms with Crippen LogP contribution in [-0.2, 0) is 16.3 Å². The van der Waals surface area contributed by atoms with E-state index in [0.29, 0.717) is 23.4 Å². The van der Waals surface area contributed by atoms with Crippen molar-refractivity contribution in [2.45, 2.75) is 32.2 Å². The summed E-state index contributed by atoms with van der Waals surface area (Å²) in [6.45, 7) is 2.85. The zero-order chi connectivity index (χ0) is 15.5. The Morgan fingerprint density at radius 3 is 2.86 bits per heavy atom. The van der Waals surface area contributed by atoms with Gasteiger partial charge in [0.25, 0.3) is 0 Å². The van der Waals surface area contributed by atoms with Gasteiger partial charge < -0.3 is 5.32 Å². The Kier molecular flexibility index (Phi) is 5.63. The highest BCUT2D eigenvalue weighted by molar-refractivity contribution is 7.91. The van der Waals surface area contributed by atoms with Gasteiger partial charge in [-0.15, -0.1) is 0 Å². The van der Waals surface area contributed by atoms with Crippen LogP contribution in [0.3, 0.4) is 0 Å². The maximum atomic E-state index is 13.9. The Bertz CT molecular complexity index is 591. The predicted molar refractivity (Wildman–Crippen MR) is 84.0 cm³/mol. The van der Waals surface area contributed by atoms with Gasteiger partial charge in [0.1, 0.15) is 5.82 Å². The summed E-state index contributed by atoms with van der Waals surface area (Å²) in [5.41, 5.74) is 0.542. The van der Waals surface area contributed by atoms with Crippen LogP contribution in [0.5, 0.6) is 0 Å². The van der Waals surface area contributed by atoms with Gasteiger partial charge in [-0.2, -0.15) is 0 Å². The first-order valence-electron chi connectivity index (χ1n) is 7.29. The van der Waals surface area contributed by atoms with Crippen molar-refractivity contribution in [1.29, 1.82) is 0 Å². The molecule has 1 N–H and O–H groups in total. The molecule has 1 aromatic rings. The zero-order valence-electron chi connectivity index (χ0n) is 12.1. The highest BCUT2D eigenvalue weighted by Gasteiger charge is 2.33. The molecule has 2 rings (SSSR count). The van der Waals surface area contributed by atoms with E-state index in [9.17, 15) is 12.8 Å². The molecule has 118 valence electrons. The van der Waals surface area contributed by atoms with Gasteiger partial charge in [-0.05, 0) is 55.5 Å². The fourth-order valence-electron chi connectivity index (χ4n) is 2.81. The average Bonchev–Trinajstić information content (AvgIpc) is 2.78. The van der Waals surface area contributed by atoms with Crippen LogP contribution in [0.1, 0.15) is 25.3 Å². The minimum absolute atomic E-state index is 0.0322. The van der Waals surface area contributed by atoms with E-state index in [2.05, 4.69) is 12.2 Å². The predicted octanol–water partition coefficient (Wildman–Crippen LogP) is 2.82. The average molecular weight is 334 g/mol. The third-order valence-electron chi connectivity index (χ3n) is 3.94. The molecule has 1 aromatic carbocycles. The smallest absolute Gasteiger partial charge is 0.150 e. The van der Waals surface area contributed by atoms with E-state index in [-0.39, 0.29) is 29.3 Å². The van der Waals surface area contributed by atoms with Crippen LogP contribution in [0.15, 0.2) is 18.2 Å². The fourth-order valence-corrected chi connectivity index (χ4v) is 4.89. The second-order valence-corrected chi connectivity index (χ2v) is 8.33. The molecule has 21 heavy (non-hydrogen) atoms. The third-order valence-corrected chi connectivity index (χ3v) is 5.97. The summed E-state index contributed by atoms with van der Waals surface area (Å²) in [6, 6.07) is 4.48. The fraction of sp³-hybridized carbons (Fsp3) is 0.600. The van der Waals surface area contributed by atoms with Crippen LogP contribution in [0.25, 0.3) is 0 Å². The van der Waals surface area contributed by atoms with Gasteiger partial charge in [-0.1, -0.05) is 18.5 Å². The van der Waals surface area contributed by atoms with Crippen molar-refractivity contribution in [1.82, 2.24) is 5.32 Å². The lowest BCUT2D eigenvalue weighted by Crippen LogP contribution is -2.39. The summed E-state index contributed by atoms with van der Waals surface area (Å²) >= 11 is 5.93. The van der Waals surface area contributed by atoms with Crippen molar-refractivity contribution in [3.63, 3.8) is 0 Å². The van der Waals surface area contributed by atoms with Crippen molar-refractivity contribution in [3.8, 4) is 0 Å². The van der Waals surface area contributed by atoms with Crippen LogP contribution in [0, 0.1) is 11.7 Å². The summed E-state index contributed by atoms with van der Waals surface area (Å²) in [4.78, 5) is 0. The Balaban J connectivity index is 2.14. The van der Waals surface area contributed by atoms with Crippen molar-refractivity contribution < 1.29 is 12.8 Å². The summed E-state index contributed by atoms with van der Waals surface area (Å²) in [7, 11) is -2.94. The Morgan fingerprint density at radius 2 is 2.24 bits per heavy atom. The lowest BCUT2D eigenvalue weighted by atomic mass is 9.92. The van der Waals surface area contributed by atoms with E-state index in [1.807, 2.05) is 0 Å². The van der Waals surface area contributed by atoms with Crippen molar-refractivity contribution in [2.75, 3.05) is 18.1 Å². The van der Waals surface area contributed by atoms with Crippen LogP contribution in [0.2, 0.25) is 5.02 Å². The Morgan fingerprint density at radius 1 is 1.48 bits per heavy atom. The zero-order valence-corrected chi connectivity index (χ0v) is 13.7. The number of hydrogen-bond acceptors (Lipinski definition) is 3. The second kappa shape index (κ2) is 7.07. The summed E-state index contributed by atoms with van der Waals surface area (Å²) in [5, 5.41) is 3.87. The van der Waals surface area contributed by atoms with Gasteiger partial charge in [-0.3, -0.25) is 0 Å². The number of nitrogens with one attached hydrogen (secondary N) is 1. The van der Waals surface area contributed by atoms with E-state index >= 15 is 0 Å². The SMILES string of the molecule is CCCNC(Cc1cc(Cl)ccc1F)C1CCS(=O)(=O)C1. The molecule has 1 saturated heterocycles. The molecule has 1 heterocycles. The number of hydrogen-bond donors (Lipinski definition) is 1. The van der Waals surface area contributed by atoms with Crippen molar-refractivity contribution in [2.24, 2.45) is 5.92 Å². The van der Waals surface area contributed by atoms with E-state index in [0.717, 1.165) is 13.0 Å². The van der Waals surface area contributed by atoms with E-state index in [1.54, 1.807) is 6.07 Å². The van der Waals surface area contributed by atoms with E-state index in [4.69, 9.17) is 11.6 Å². The topological polar surface area (TPSA) is 46.2 Å². The highest BCUT2D eigenvalue weighted by atomic mass is 35.5. The Hall–Kier alpha value is -0.650. The molecule has 0 saturated carbocycles. The van der Waals surface area contributed by atoms with E-state index < -0.39 is 9.84 Å². The quantitative estimate of drug-likeness (QED) is 0.870. The first-order chi connectivity index (χ1) is 9.91. The van der Waals surface area contributed by atoms with Crippen LogP contribution >= 0.6 is 11.6 Å². The molecule has 2 atom stereocenters. The molecule has 0 bridgehead atoms. The first-order valence-corrected chi connectivity index (χ1v) is 9.49. The molecule has 0 aromatic heterocycles. The molecular weight excluding hydrogens is 313 g/mol. The minimum atomic E-state index is -2.94. The normalized spacial score (nSPS) is 22.3. The van der Waals surface area contributed by atoms with Gasteiger partial charge in [0.2, 0.25) is 0 Å². The lowest BCUT2D eigenvalue weighted by Gasteiger charge is -2.24. The van der Waals surface area contributed by atoms with Crippen LogP contribution in [0.4, 0.5) is 4.39 Å². The maximum Gasteiger partial charge on any atom is 0.150 e. The first kappa shape index (κ1) is 16.7. The number of rotatable bonds is 6. The van der Waals surface area contributed by atoms with Crippen LogP contribution < -0.4 is 5.32 Å². The standard InChI is InChI=1S/C15H21ClFNO2S/c1-2-6-18-15(11-5-7-21(19,20)10-11)9-12-8-13(16)3-4-14(12)17/h3-4,8,11,15,18H,2,5-7,9-10H2,1H3. The summed E-state index contributed by atoms with van der Waals surface area (Å²) in [5.74, 6) is 0.180. The highest BCUT2D eigenvalue weighted by Crippen LogP contribution is 2.25. The maximum absolute atomic E-state index is 13.9. The molecule has 1 aliphatic heterocycles. The van der Waals surface area contributed by atoms with Crippen LogP contribution in [-0.4, -0.2) is 32.5 Å². The van der Waals surface area contributed by atoms with Gasteiger partial charge in [0.15, 0.2) is 9.84 Å². The Labute approximate surface area is 130 Å². The molecule has 0 radical (unpaired) electrons. The minimum Gasteiger partial charge on any atom is -0.313 e. The van der Waals surface area contributed by atoms with Gasteiger partial charge >= 0.3 is 0 Å². The summed E-state index contributed by atoms with van der Waals surface area (Å²) < 4.78 is 37.2.